The summed E-state index contributed by atoms with van der Waals surface area (Å²) in [6, 6.07) is 0. The van der Waals surface area contributed by atoms with Crippen molar-refractivity contribution >= 4 is 29.8 Å². The summed E-state index contributed by atoms with van der Waals surface area (Å²) in [5.74, 6) is -0.455. The van der Waals surface area contributed by atoms with Gasteiger partial charge in [0.1, 0.15) is 23.4 Å². The number of carboxylic acids is 1. The van der Waals surface area contributed by atoms with E-state index in [2.05, 4.69) is 34.6 Å². The average Bonchev–Trinajstić information content (AvgIpc) is 3.92. The molecule has 8 rings (SSSR count). The van der Waals surface area contributed by atoms with Gasteiger partial charge in [0.15, 0.2) is 0 Å². The molecule has 1 N–H and O–H groups in total. The minimum Gasteiger partial charge on any atom is -0.481 e. The molecular formula is C48H78O10. The van der Waals surface area contributed by atoms with E-state index in [1.807, 2.05) is 41.5 Å². The van der Waals surface area contributed by atoms with Gasteiger partial charge in [-0.05, 0) is 155 Å². The lowest BCUT2D eigenvalue weighted by atomic mass is 9.49. The third-order valence-corrected chi connectivity index (χ3v) is 16.8. The Morgan fingerprint density at radius 1 is 0.672 bits per heavy atom. The van der Waals surface area contributed by atoms with Crippen molar-refractivity contribution in [3.63, 3.8) is 0 Å². The summed E-state index contributed by atoms with van der Waals surface area (Å²) in [5.41, 5.74) is -1.66. The number of carbonyl (C=O) groups is 5. The van der Waals surface area contributed by atoms with Crippen LogP contribution >= 0.6 is 0 Å². The summed E-state index contributed by atoms with van der Waals surface area (Å²) in [4.78, 5) is 60.5. The fourth-order valence-corrected chi connectivity index (χ4v) is 11.6. The van der Waals surface area contributed by atoms with E-state index in [1.54, 1.807) is 13.8 Å². The molecule has 10 nitrogen and oxygen atoms in total. The predicted octanol–water partition coefficient (Wildman–Crippen LogP) is 10.1. The van der Waals surface area contributed by atoms with Crippen molar-refractivity contribution in [2.45, 2.75) is 203 Å². The van der Waals surface area contributed by atoms with Crippen LogP contribution in [0.2, 0.25) is 0 Å². The van der Waals surface area contributed by atoms with Crippen molar-refractivity contribution in [3.05, 3.63) is 0 Å². The molecule has 8 aliphatic rings. The van der Waals surface area contributed by atoms with Gasteiger partial charge in [-0.15, -0.1) is 0 Å². The molecule has 0 aromatic carbocycles. The lowest BCUT2D eigenvalue weighted by molar-refractivity contribution is -0.218. The van der Waals surface area contributed by atoms with Crippen molar-refractivity contribution in [2.24, 2.45) is 69.0 Å². The van der Waals surface area contributed by atoms with Crippen LogP contribution < -0.4 is 0 Å². The summed E-state index contributed by atoms with van der Waals surface area (Å²) < 4.78 is 23.1. The fourth-order valence-electron chi connectivity index (χ4n) is 11.6. The van der Waals surface area contributed by atoms with Crippen LogP contribution in [0.25, 0.3) is 0 Å². The van der Waals surface area contributed by atoms with Crippen molar-refractivity contribution in [2.75, 3.05) is 0 Å². The molecule has 0 aromatic rings. The maximum absolute atomic E-state index is 12.6. The van der Waals surface area contributed by atoms with Gasteiger partial charge in [-0.25, -0.2) is 0 Å². The molecule has 0 radical (unpaired) electrons. The number of esters is 4. The van der Waals surface area contributed by atoms with Crippen LogP contribution in [0.1, 0.15) is 180 Å². The first-order valence-corrected chi connectivity index (χ1v) is 22.9. The Labute approximate surface area is 349 Å². The van der Waals surface area contributed by atoms with E-state index in [4.69, 9.17) is 18.9 Å². The van der Waals surface area contributed by atoms with Crippen LogP contribution in [0.3, 0.4) is 0 Å². The Hall–Kier alpha value is -2.65. The number of carboxylic acid groups (broad SMARTS) is 1. The van der Waals surface area contributed by atoms with E-state index in [9.17, 15) is 29.1 Å². The molecule has 1 heterocycles. The first kappa shape index (κ1) is 46.4. The van der Waals surface area contributed by atoms with Gasteiger partial charge >= 0.3 is 29.8 Å². The van der Waals surface area contributed by atoms with E-state index in [0.29, 0.717) is 24.7 Å². The van der Waals surface area contributed by atoms with E-state index in [-0.39, 0.29) is 57.2 Å². The van der Waals surface area contributed by atoms with E-state index in [1.165, 1.54) is 44.9 Å². The molecule has 6 atom stereocenters. The topological polar surface area (TPSA) is 142 Å². The maximum atomic E-state index is 12.6. The van der Waals surface area contributed by atoms with Crippen LogP contribution in [0.5, 0.6) is 0 Å². The molecule has 7 saturated carbocycles. The van der Waals surface area contributed by atoms with Gasteiger partial charge in [-0.1, -0.05) is 48.5 Å². The first-order valence-electron chi connectivity index (χ1n) is 22.9. The summed E-state index contributed by atoms with van der Waals surface area (Å²) in [7, 11) is 0. The smallest absolute Gasteiger partial charge is 0.312 e. The zero-order valence-electron chi connectivity index (χ0n) is 38.3. The van der Waals surface area contributed by atoms with Gasteiger partial charge < -0.3 is 24.1 Å². The highest BCUT2D eigenvalue weighted by Gasteiger charge is 2.70. The van der Waals surface area contributed by atoms with Crippen LogP contribution in [0.15, 0.2) is 0 Å². The predicted molar refractivity (Wildman–Crippen MR) is 221 cm³/mol. The molecule has 0 amide bonds. The minimum absolute atomic E-state index is 0.0307. The van der Waals surface area contributed by atoms with Crippen LogP contribution in [-0.4, -0.2) is 58.4 Å². The quantitative estimate of drug-likeness (QED) is 0.158. The minimum atomic E-state index is -0.999. The fraction of sp³-hybridized carbons (Fsp3) is 0.896. The zero-order chi connectivity index (χ0) is 43.4. The second kappa shape index (κ2) is 16.7. The van der Waals surface area contributed by atoms with Crippen molar-refractivity contribution in [3.8, 4) is 0 Å². The number of ether oxygens (including phenoxy) is 4. The number of aliphatic carboxylic acids is 1. The van der Waals surface area contributed by atoms with Crippen LogP contribution in [0.4, 0.5) is 0 Å². The second-order valence-corrected chi connectivity index (χ2v) is 22.3. The molecular weight excluding hydrogens is 737 g/mol. The van der Waals surface area contributed by atoms with Crippen molar-refractivity contribution in [1.82, 2.24) is 0 Å². The highest BCUT2D eigenvalue weighted by Crippen LogP contribution is 2.61. The molecule has 10 heteroatoms. The first-order chi connectivity index (χ1) is 26.8. The van der Waals surface area contributed by atoms with Crippen molar-refractivity contribution in [1.29, 1.82) is 0 Å². The zero-order valence-corrected chi connectivity index (χ0v) is 38.3. The monoisotopic (exact) mass is 815 g/mol. The lowest BCUT2D eigenvalue weighted by Gasteiger charge is -2.60. The van der Waals surface area contributed by atoms with E-state index < -0.39 is 41.4 Å². The molecule has 1 aliphatic heterocycles. The largest absolute Gasteiger partial charge is 0.481 e. The van der Waals surface area contributed by atoms with E-state index in [0.717, 1.165) is 43.9 Å². The molecule has 0 aromatic heterocycles. The van der Waals surface area contributed by atoms with Gasteiger partial charge in [0, 0.05) is 17.3 Å². The Morgan fingerprint density at radius 3 is 1.57 bits per heavy atom. The van der Waals surface area contributed by atoms with Gasteiger partial charge in [0.2, 0.25) is 0 Å². The number of carbonyl (C=O) groups excluding carboxylic acids is 4. The standard InChI is InChI=1S/C18H30O2.C15H20O6.C15H28O2/c1-5-17(3,4)16(19)20-18(6-2)14-8-12-7-13(10-14)11-15(18)9-12;1-4-15(2,3)14(19)21-11-6-5-7-9(8(6)12(16)17)13(18)20-10(7)11;1-7-14(5,6)12(16)17-15(13(2,3)4)10-8-9-11-15/h12-15H,5-11H2,1-4H3;6-11H,4-5H2,1-3H3,(H,16,17);7-11H2,1-6H3. The molecule has 6 unspecified atom stereocenters. The van der Waals surface area contributed by atoms with Crippen LogP contribution in [0, 0.1) is 69.0 Å². The SMILES string of the molecule is CCC(C)(C)C(=O)OC1(C(C)(C)C)CCCC1.CCC(C)(C)C(=O)OC1(CC)C2CC3CC(C2)CC1C3.CCC(C)(C)C(=O)OC1C2CC3C1OC(=O)C3C2C(=O)O. The molecule has 58 heavy (non-hydrogen) atoms. The third kappa shape index (κ3) is 8.47. The van der Waals surface area contributed by atoms with Gasteiger partial charge in [-0.3, -0.25) is 24.0 Å². The summed E-state index contributed by atoms with van der Waals surface area (Å²) >= 11 is 0. The molecule has 330 valence electrons. The summed E-state index contributed by atoms with van der Waals surface area (Å²) in [6.45, 7) is 26.4. The molecule has 8 fully saturated rings. The Bertz CT molecular complexity index is 1510. The Morgan fingerprint density at radius 2 is 1.14 bits per heavy atom. The number of hydrogen-bond acceptors (Lipinski definition) is 9. The molecule has 6 bridgehead atoms. The maximum Gasteiger partial charge on any atom is 0.312 e. The summed E-state index contributed by atoms with van der Waals surface area (Å²) in [6.07, 6.45) is 13.9. The van der Waals surface area contributed by atoms with Crippen molar-refractivity contribution < 1.29 is 48.0 Å². The number of fused-ring (bicyclic) bond motifs is 1. The summed E-state index contributed by atoms with van der Waals surface area (Å²) in [5, 5.41) is 9.38. The molecule has 0 spiro atoms. The molecule has 1 saturated heterocycles. The highest BCUT2D eigenvalue weighted by molar-refractivity contribution is 5.85. The Balaban J connectivity index is 0.000000167. The third-order valence-electron chi connectivity index (χ3n) is 16.8. The highest BCUT2D eigenvalue weighted by atomic mass is 16.6. The average molecular weight is 815 g/mol. The van der Waals surface area contributed by atoms with Gasteiger partial charge in [-0.2, -0.15) is 0 Å². The number of rotatable bonds is 11. The van der Waals surface area contributed by atoms with E-state index >= 15 is 0 Å². The lowest BCUT2D eigenvalue weighted by Crippen LogP contribution is -2.60. The normalized spacial score (nSPS) is 35.3. The second-order valence-electron chi connectivity index (χ2n) is 22.3. The van der Waals surface area contributed by atoms with Gasteiger partial charge in [0.05, 0.1) is 28.1 Å². The van der Waals surface area contributed by atoms with Crippen LogP contribution in [-0.2, 0) is 42.9 Å². The number of hydrogen-bond donors (Lipinski definition) is 1. The van der Waals surface area contributed by atoms with Gasteiger partial charge in [0.25, 0.3) is 0 Å². The molecule has 7 aliphatic carbocycles. The Kier molecular flexibility index (Phi) is 13.3.